The average Bonchev–Trinajstić information content (AvgIpc) is 2.33. The van der Waals surface area contributed by atoms with Crippen LogP contribution < -0.4 is 5.32 Å². The molecule has 2 N–H and O–H groups in total. The lowest BCUT2D eigenvalue weighted by Gasteiger charge is -2.27. The van der Waals surface area contributed by atoms with Crippen LogP contribution >= 0.6 is 0 Å². The van der Waals surface area contributed by atoms with E-state index in [2.05, 4.69) is 25.2 Å². The number of phenols is 1. The molecule has 0 aromatic heterocycles. The van der Waals surface area contributed by atoms with Crippen molar-refractivity contribution in [3.05, 3.63) is 28.8 Å². The Labute approximate surface area is 104 Å². The topological polar surface area (TPSA) is 32.3 Å². The van der Waals surface area contributed by atoms with Crippen molar-refractivity contribution in [2.24, 2.45) is 0 Å². The Kier molecular flexibility index (Phi) is 3.72. The number of nitrogens with one attached hydrogen (secondary N) is 1. The normalized spacial score (nSPS) is 20.8. The standard InChI is InChI=1S/C15H23NO/c1-10(2)13-7-6-11(3)15(17)14(13)12-5-4-8-16-9-12/h6-7,10,12,16-17H,4-5,8-9H2,1-3H3. The molecule has 1 aromatic rings. The zero-order chi connectivity index (χ0) is 12.4. The minimum atomic E-state index is 0.471. The molecule has 0 amide bonds. The quantitative estimate of drug-likeness (QED) is 0.821. The average molecular weight is 233 g/mol. The van der Waals surface area contributed by atoms with E-state index in [9.17, 15) is 5.11 Å². The fourth-order valence-corrected chi connectivity index (χ4v) is 2.76. The molecule has 94 valence electrons. The molecular weight excluding hydrogens is 210 g/mol. The Morgan fingerprint density at radius 3 is 2.71 bits per heavy atom. The molecule has 1 atom stereocenters. The highest BCUT2D eigenvalue weighted by Gasteiger charge is 2.23. The van der Waals surface area contributed by atoms with Crippen LogP contribution in [0.25, 0.3) is 0 Å². The molecule has 1 aliphatic heterocycles. The highest BCUT2D eigenvalue weighted by Crippen LogP contribution is 2.38. The summed E-state index contributed by atoms with van der Waals surface area (Å²) in [5.74, 6) is 1.46. The van der Waals surface area contributed by atoms with Gasteiger partial charge < -0.3 is 10.4 Å². The van der Waals surface area contributed by atoms with E-state index in [0.29, 0.717) is 17.6 Å². The maximum atomic E-state index is 10.4. The zero-order valence-electron chi connectivity index (χ0n) is 11.1. The number of rotatable bonds is 2. The van der Waals surface area contributed by atoms with Gasteiger partial charge in [0.1, 0.15) is 5.75 Å². The van der Waals surface area contributed by atoms with Crippen LogP contribution in [-0.4, -0.2) is 18.2 Å². The maximum absolute atomic E-state index is 10.4. The van der Waals surface area contributed by atoms with Crippen LogP contribution in [0.15, 0.2) is 12.1 Å². The van der Waals surface area contributed by atoms with Crippen molar-refractivity contribution in [2.75, 3.05) is 13.1 Å². The molecule has 1 aromatic carbocycles. The summed E-state index contributed by atoms with van der Waals surface area (Å²) >= 11 is 0. The molecule has 2 rings (SSSR count). The van der Waals surface area contributed by atoms with Crippen molar-refractivity contribution < 1.29 is 5.11 Å². The second-order valence-corrected chi connectivity index (χ2v) is 5.43. The van der Waals surface area contributed by atoms with Gasteiger partial charge in [-0.25, -0.2) is 0 Å². The molecule has 1 unspecified atom stereocenters. The summed E-state index contributed by atoms with van der Waals surface area (Å²) in [4.78, 5) is 0. The van der Waals surface area contributed by atoms with E-state index in [0.717, 1.165) is 18.7 Å². The number of piperidine rings is 1. The molecule has 0 bridgehead atoms. The van der Waals surface area contributed by atoms with E-state index in [-0.39, 0.29) is 0 Å². The smallest absolute Gasteiger partial charge is 0.122 e. The van der Waals surface area contributed by atoms with E-state index in [1.807, 2.05) is 13.0 Å². The van der Waals surface area contributed by atoms with Gasteiger partial charge in [0.05, 0.1) is 0 Å². The number of benzene rings is 1. The van der Waals surface area contributed by atoms with Crippen molar-refractivity contribution in [3.63, 3.8) is 0 Å². The second kappa shape index (κ2) is 5.09. The Bertz CT molecular complexity index is 392. The third-order valence-electron chi connectivity index (χ3n) is 3.78. The third-order valence-corrected chi connectivity index (χ3v) is 3.78. The first-order chi connectivity index (χ1) is 8.11. The van der Waals surface area contributed by atoms with Gasteiger partial charge in [-0.05, 0) is 43.4 Å². The van der Waals surface area contributed by atoms with Gasteiger partial charge in [0.15, 0.2) is 0 Å². The molecule has 2 heteroatoms. The van der Waals surface area contributed by atoms with Gasteiger partial charge >= 0.3 is 0 Å². The molecule has 0 aliphatic carbocycles. The Balaban J connectivity index is 2.44. The number of hydrogen-bond acceptors (Lipinski definition) is 2. The van der Waals surface area contributed by atoms with Gasteiger partial charge in [-0.3, -0.25) is 0 Å². The van der Waals surface area contributed by atoms with Gasteiger partial charge in [-0.2, -0.15) is 0 Å². The lowest BCUT2D eigenvalue weighted by Crippen LogP contribution is -2.29. The summed E-state index contributed by atoms with van der Waals surface area (Å²) in [6.07, 6.45) is 2.39. The van der Waals surface area contributed by atoms with Crippen LogP contribution in [-0.2, 0) is 0 Å². The van der Waals surface area contributed by atoms with E-state index in [1.165, 1.54) is 24.0 Å². The van der Waals surface area contributed by atoms with Crippen LogP contribution in [0, 0.1) is 6.92 Å². The van der Waals surface area contributed by atoms with Gasteiger partial charge in [0, 0.05) is 18.0 Å². The van der Waals surface area contributed by atoms with Crippen LogP contribution in [0.3, 0.4) is 0 Å². The van der Waals surface area contributed by atoms with E-state index in [4.69, 9.17) is 0 Å². The predicted molar refractivity (Wildman–Crippen MR) is 71.8 cm³/mol. The molecule has 2 nitrogen and oxygen atoms in total. The van der Waals surface area contributed by atoms with Gasteiger partial charge in [0.25, 0.3) is 0 Å². The fourth-order valence-electron chi connectivity index (χ4n) is 2.76. The third kappa shape index (κ3) is 2.47. The van der Waals surface area contributed by atoms with E-state index >= 15 is 0 Å². The largest absolute Gasteiger partial charge is 0.507 e. The summed E-state index contributed by atoms with van der Waals surface area (Å²) in [5, 5.41) is 13.8. The van der Waals surface area contributed by atoms with Gasteiger partial charge in [-0.1, -0.05) is 26.0 Å². The molecule has 1 aliphatic rings. The zero-order valence-corrected chi connectivity index (χ0v) is 11.1. The van der Waals surface area contributed by atoms with Crippen molar-refractivity contribution in [3.8, 4) is 5.75 Å². The molecule has 0 saturated carbocycles. The van der Waals surface area contributed by atoms with Gasteiger partial charge in [0.2, 0.25) is 0 Å². The van der Waals surface area contributed by atoms with Crippen LogP contribution in [0.1, 0.15) is 55.2 Å². The molecule has 1 heterocycles. The summed E-state index contributed by atoms with van der Waals surface area (Å²) in [5.41, 5.74) is 3.49. The van der Waals surface area contributed by atoms with Crippen molar-refractivity contribution >= 4 is 0 Å². The first kappa shape index (κ1) is 12.4. The Morgan fingerprint density at radius 2 is 2.12 bits per heavy atom. The number of aryl methyl sites for hydroxylation is 1. The van der Waals surface area contributed by atoms with Crippen molar-refractivity contribution in [2.45, 2.75) is 45.4 Å². The number of hydrogen-bond donors (Lipinski definition) is 2. The van der Waals surface area contributed by atoms with E-state index in [1.54, 1.807) is 0 Å². The van der Waals surface area contributed by atoms with Gasteiger partial charge in [-0.15, -0.1) is 0 Å². The number of aromatic hydroxyl groups is 1. The lowest BCUT2D eigenvalue weighted by atomic mass is 9.83. The summed E-state index contributed by atoms with van der Waals surface area (Å²) in [6.45, 7) is 8.49. The number of phenolic OH excluding ortho intramolecular Hbond substituents is 1. The van der Waals surface area contributed by atoms with E-state index < -0.39 is 0 Å². The molecule has 17 heavy (non-hydrogen) atoms. The predicted octanol–water partition coefficient (Wildman–Crippen LogP) is 3.29. The van der Waals surface area contributed by atoms with Crippen LogP contribution in [0.4, 0.5) is 0 Å². The second-order valence-electron chi connectivity index (χ2n) is 5.43. The minimum absolute atomic E-state index is 0.471. The fraction of sp³-hybridized carbons (Fsp3) is 0.600. The SMILES string of the molecule is Cc1ccc(C(C)C)c(C2CCCNC2)c1O. The highest BCUT2D eigenvalue weighted by molar-refractivity contribution is 5.48. The lowest BCUT2D eigenvalue weighted by molar-refractivity contribution is 0.420. The first-order valence-corrected chi connectivity index (χ1v) is 6.64. The van der Waals surface area contributed by atoms with Crippen molar-refractivity contribution in [1.82, 2.24) is 5.32 Å². The molecule has 1 saturated heterocycles. The summed E-state index contributed by atoms with van der Waals surface area (Å²) in [6, 6.07) is 4.22. The first-order valence-electron chi connectivity index (χ1n) is 6.64. The Hall–Kier alpha value is -1.02. The minimum Gasteiger partial charge on any atom is -0.507 e. The molecule has 0 radical (unpaired) electrons. The molecule has 0 spiro atoms. The molecular formula is C15H23NO. The summed E-state index contributed by atoms with van der Waals surface area (Å²) in [7, 11) is 0. The highest BCUT2D eigenvalue weighted by atomic mass is 16.3. The molecule has 1 fully saturated rings. The van der Waals surface area contributed by atoms with Crippen molar-refractivity contribution in [1.29, 1.82) is 0 Å². The monoisotopic (exact) mass is 233 g/mol. The van der Waals surface area contributed by atoms with Crippen LogP contribution in [0.5, 0.6) is 5.75 Å². The van der Waals surface area contributed by atoms with Crippen LogP contribution in [0.2, 0.25) is 0 Å². The summed E-state index contributed by atoms with van der Waals surface area (Å²) < 4.78 is 0. The Morgan fingerprint density at radius 1 is 1.35 bits per heavy atom. The maximum Gasteiger partial charge on any atom is 0.122 e.